The first kappa shape index (κ1) is 13.8. The van der Waals surface area contributed by atoms with Gasteiger partial charge < -0.3 is 5.32 Å². The molecule has 3 heteroatoms. The molecule has 0 spiro atoms. The lowest BCUT2D eigenvalue weighted by Crippen LogP contribution is -2.19. The van der Waals surface area contributed by atoms with E-state index in [0.29, 0.717) is 10.9 Å². The zero-order chi connectivity index (χ0) is 13.6. The highest BCUT2D eigenvalue weighted by atomic mass is 35.5. The Morgan fingerprint density at radius 1 is 1.33 bits per heavy atom. The van der Waals surface area contributed by atoms with Crippen LogP contribution in [0.15, 0.2) is 18.2 Å². The molecule has 2 rings (SSSR count). The molecule has 0 bridgehead atoms. The van der Waals surface area contributed by atoms with Gasteiger partial charge in [-0.15, -0.1) is 0 Å². The molecule has 1 saturated carbocycles. The first-order valence-corrected chi connectivity index (χ1v) is 6.89. The molecule has 1 nitrogen and oxygen atoms in total. The van der Waals surface area contributed by atoms with Crippen LogP contribution in [0.3, 0.4) is 0 Å². The molecule has 0 heterocycles. The van der Waals surface area contributed by atoms with Crippen molar-refractivity contribution in [1.29, 1.82) is 0 Å². The van der Waals surface area contributed by atoms with Crippen LogP contribution in [0.2, 0.25) is 5.02 Å². The van der Waals surface area contributed by atoms with Gasteiger partial charge in [0.15, 0.2) is 0 Å². The van der Waals surface area contributed by atoms with Crippen LogP contribution in [0.4, 0.5) is 4.39 Å². The number of halogens is 2. The van der Waals surface area contributed by atoms with Crippen molar-refractivity contribution in [3.63, 3.8) is 0 Å². The van der Waals surface area contributed by atoms with E-state index in [1.54, 1.807) is 0 Å². The lowest BCUT2D eigenvalue weighted by atomic mass is 9.89. The third kappa shape index (κ3) is 1.86. The van der Waals surface area contributed by atoms with Crippen LogP contribution in [0.25, 0.3) is 0 Å². The highest BCUT2D eigenvalue weighted by Gasteiger charge is 2.68. The normalized spacial score (nSPS) is 29.3. The van der Waals surface area contributed by atoms with Gasteiger partial charge in [0, 0.05) is 10.4 Å². The molecule has 100 valence electrons. The predicted molar refractivity (Wildman–Crippen MR) is 74.6 cm³/mol. The van der Waals surface area contributed by atoms with Gasteiger partial charge in [0.2, 0.25) is 0 Å². The lowest BCUT2D eigenvalue weighted by Gasteiger charge is -2.17. The largest absolute Gasteiger partial charge is 0.317 e. The highest BCUT2D eigenvalue weighted by Crippen LogP contribution is 2.69. The number of rotatable bonds is 4. The molecule has 2 atom stereocenters. The van der Waals surface area contributed by atoms with Gasteiger partial charge in [0.25, 0.3) is 0 Å². The third-order valence-electron chi connectivity index (χ3n) is 4.91. The maximum absolute atomic E-state index is 13.2. The predicted octanol–water partition coefficient (Wildman–Crippen LogP) is 4.00. The zero-order valence-electron chi connectivity index (χ0n) is 11.5. The Morgan fingerprint density at radius 2 is 2.00 bits per heavy atom. The number of nitrogens with one attached hydrogen (secondary N) is 1. The van der Waals surface area contributed by atoms with E-state index < -0.39 is 0 Å². The Bertz CT molecular complexity index is 458. The Hall–Kier alpha value is -0.600. The van der Waals surface area contributed by atoms with E-state index in [0.717, 1.165) is 18.7 Å². The molecule has 0 aromatic heterocycles. The topological polar surface area (TPSA) is 12.0 Å². The summed E-state index contributed by atoms with van der Waals surface area (Å²) in [5, 5.41) is 3.95. The molecule has 0 aliphatic heterocycles. The molecule has 1 fully saturated rings. The summed E-state index contributed by atoms with van der Waals surface area (Å²) >= 11 is 6.22. The summed E-state index contributed by atoms with van der Waals surface area (Å²) in [4.78, 5) is 0. The number of benzene rings is 1. The van der Waals surface area contributed by atoms with Gasteiger partial charge in [-0.25, -0.2) is 4.39 Å². The quantitative estimate of drug-likeness (QED) is 0.871. The van der Waals surface area contributed by atoms with Crippen molar-refractivity contribution in [2.75, 3.05) is 13.1 Å². The fourth-order valence-corrected chi connectivity index (χ4v) is 3.66. The van der Waals surface area contributed by atoms with Crippen LogP contribution in [0.1, 0.15) is 33.3 Å². The molecule has 1 aliphatic carbocycles. The molecular formula is C15H21ClFN. The van der Waals surface area contributed by atoms with Gasteiger partial charge in [-0.05, 0) is 42.1 Å². The van der Waals surface area contributed by atoms with Gasteiger partial charge in [-0.3, -0.25) is 0 Å². The third-order valence-corrected chi connectivity index (χ3v) is 5.23. The maximum atomic E-state index is 13.2. The smallest absolute Gasteiger partial charge is 0.124 e. The molecule has 2 unspecified atom stereocenters. The van der Waals surface area contributed by atoms with Crippen molar-refractivity contribution in [3.05, 3.63) is 34.6 Å². The second kappa shape index (κ2) is 4.50. The fraction of sp³-hybridized carbons (Fsp3) is 0.600. The number of hydrogen-bond acceptors (Lipinski definition) is 1. The summed E-state index contributed by atoms with van der Waals surface area (Å²) < 4.78 is 13.2. The summed E-state index contributed by atoms with van der Waals surface area (Å²) in [6.45, 7) is 10.8. The van der Waals surface area contributed by atoms with Crippen LogP contribution < -0.4 is 5.32 Å². The second-order valence-corrected chi connectivity index (χ2v) is 6.32. The maximum Gasteiger partial charge on any atom is 0.124 e. The van der Waals surface area contributed by atoms with Crippen molar-refractivity contribution in [2.45, 2.75) is 33.1 Å². The summed E-state index contributed by atoms with van der Waals surface area (Å²) in [5.74, 6) is 0.266. The molecule has 0 radical (unpaired) electrons. The molecule has 1 aliphatic rings. The minimum atomic E-state index is -0.269. The van der Waals surface area contributed by atoms with Gasteiger partial charge in [0.1, 0.15) is 5.82 Å². The van der Waals surface area contributed by atoms with Crippen LogP contribution >= 0.6 is 11.6 Å². The summed E-state index contributed by atoms with van der Waals surface area (Å²) in [7, 11) is 0. The lowest BCUT2D eigenvalue weighted by molar-refractivity contribution is 0.509. The van der Waals surface area contributed by atoms with Crippen LogP contribution in [-0.2, 0) is 5.41 Å². The Morgan fingerprint density at radius 3 is 2.56 bits per heavy atom. The minimum absolute atomic E-state index is 0.0277. The van der Waals surface area contributed by atoms with Gasteiger partial charge >= 0.3 is 0 Å². The minimum Gasteiger partial charge on any atom is -0.317 e. The average molecular weight is 270 g/mol. The highest BCUT2D eigenvalue weighted by molar-refractivity contribution is 6.31. The van der Waals surface area contributed by atoms with E-state index >= 15 is 0 Å². The first-order chi connectivity index (χ1) is 8.35. The van der Waals surface area contributed by atoms with Gasteiger partial charge in [-0.1, -0.05) is 45.4 Å². The van der Waals surface area contributed by atoms with Crippen molar-refractivity contribution < 1.29 is 4.39 Å². The average Bonchev–Trinajstić information content (AvgIpc) is 2.70. The van der Waals surface area contributed by atoms with Crippen molar-refractivity contribution >= 4 is 11.6 Å². The zero-order valence-corrected chi connectivity index (χ0v) is 12.2. The van der Waals surface area contributed by atoms with E-state index in [9.17, 15) is 4.39 Å². The molecule has 18 heavy (non-hydrogen) atoms. The van der Waals surface area contributed by atoms with E-state index in [-0.39, 0.29) is 16.6 Å². The van der Waals surface area contributed by atoms with E-state index in [4.69, 9.17) is 11.6 Å². The molecule has 0 saturated heterocycles. The second-order valence-electron chi connectivity index (χ2n) is 5.91. The molecule has 1 aromatic rings. The molecule has 0 amide bonds. The van der Waals surface area contributed by atoms with Crippen molar-refractivity contribution in [3.8, 4) is 0 Å². The van der Waals surface area contributed by atoms with Crippen LogP contribution in [0, 0.1) is 17.2 Å². The van der Waals surface area contributed by atoms with E-state index in [1.807, 2.05) is 6.07 Å². The summed E-state index contributed by atoms with van der Waals surface area (Å²) in [6, 6.07) is 4.76. The standard InChI is InChI=1S/C15H21ClFN/c1-5-18-9-13-14(2,3)15(13,4)11-7-6-10(17)8-12(11)16/h6-8,13,18H,5,9H2,1-4H3. The van der Waals surface area contributed by atoms with Crippen LogP contribution in [0.5, 0.6) is 0 Å². The van der Waals surface area contributed by atoms with Gasteiger partial charge in [0.05, 0.1) is 0 Å². The van der Waals surface area contributed by atoms with E-state index in [1.165, 1.54) is 12.1 Å². The monoisotopic (exact) mass is 269 g/mol. The van der Waals surface area contributed by atoms with Crippen molar-refractivity contribution in [2.24, 2.45) is 11.3 Å². The van der Waals surface area contributed by atoms with Crippen molar-refractivity contribution in [1.82, 2.24) is 5.32 Å². The molecule has 1 aromatic carbocycles. The Balaban J connectivity index is 2.32. The molecular weight excluding hydrogens is 249 g/mol. The van der Waals surface area contributed by atoms with Crippen LogP contribution in [-0.4, -0.2) is 13.1 Å². The SMILES string of the molecule is CCNCC1C(C)(C)C1(C)c1ccc(F)cc1Cl. The Kier molecular flexibility index (Phi) is 3.46. The molecule has 1 N–H and O–H groups in total. The van der Waals surface area contributed by atoms with E-state index in [2.05, 4.69) is 33.0 Å². The first-order valence-electron chi connectivity index (χ1n) is 6.52. The fourth-order valence-electron chi connectivity index (χ4n) is 3.30. The number of hydrogen-bond donors (Lipinski definition) is 1. The summed E-state index contributed by atoms with van der Waals surface area (Å²) in [5.41, 5.74) is 1.29. The van der Waals surface area contributed by atoms with Gasteiger partial charge in [-0.2, -0.15) is 0 Å². The Labute approximate surface area is 114 Å². The summed E-state index contributed by atoms with van der Waals surface area (Å²) in [6.07, 6.45) is 0.